The fourth-order valence-electron chi connectivity index (χ4n) is 2.08. The number of carbonyl (C=O) groups is 2. The smallest absolute Gasteiger partial charge is 0.338 e. The first-order valence-corrected chi connectivity index (χ1v) is 8.00. The van der Waals surface area contributed by atoms with Crippen molar-refractivity contribution in [1.29, 1.82) is 0 Å². The molecule has 1 aromatic rings. The molecule has 0 spiro atoms. The second-order valence-corrected chi connectivity index (χ2v) is 5.80. The number of hydrogen-bond donors (Lipinski definition) is 0. The summed E-state index contributed by atoms with van der Waals surface area (Å²) in [4.78, 5) is 24.5. The zero-order valence-electron chi connectivity index (χ0n) is 12.7. The summed E-state index contributed by atoms with van der Waals surface area (Å²) in [6.07, 6.45) is 7.75. The van der Waals surface area contributed by atoms with Gasteiger partial charge in [0.2, 0.25) is 5.91 Å². The molecule has 0 aromatic heterocycles. The first-order chi connectivity index (χ1) is 10.6. The summed E-state index contributed by atoms with van der Waals surface area (Å²) in [6.45, 7) is 3.66. The topological polar surface area (TPSA) is 46.6 Å². The molecule has 0 aliphatic heterocycles. The molecule has 1 amide bonds. The maximum absolute atomic E-state index is 11.9. The van der Waals surface area contributed by atoms with Crippen LogP contribution < -0.4 is 0 Å². The summed E-state index contributed by atoms with van der Waals surface area (Å²) >= 11 is 1.33. The number of allylic oxidation sites excluding steroid dienone is 4. The number of rotatable bonds is 5. The summed E-state index contributed by atoms with van der Waals surface area (Å²) in [6, 6.07) is 7.13. The van der Waals surface area contributed by atoms with E-state index in [9.17, 15) is 9.59 Å². The van der Waals surface area contributed by atoms with Crippen molar-refractivity contribution in [3.05, 3.63) is 53.8 Å². The van der Waals surface area contributed by atoms with Crippen LogP contribution in [-0.4, -0.2) is 22.8 Å². The van der Waals surface area contributed by atoms with Crippen molar-refractivity contribution in [2.24, 2.45) is 0 Å². The molecule has 0 bridgehead atoms. The van der Waals surface area contributed by atoms with Gasteiger partial charge in [-0.2, -0.15) is 0 Å². The van der Waals surface area contributed by atoms with Gasteiger partial charge in [0.15, 0.2) is 0 Å². The molecular formula is C17H19NO3S. The number of hydrogen-bond acceptors (Lipinski definition) is 4. The molecule has 1 aliphatic carbocycles. The number of carbonyl (C=O) groups excluding carboxylic acids is 2. The van der Waals surface area contributed by atoms with E-state index in [1.807, 2.05) is 18.2 Å². The molecule has 0 radical (unpaired) electrons. The molecule has 22 heavy (non-hydrogen) atoms. The van der Waals surface area contributed by atoms with E-state index in [0.29, 0.717) is 12.2 Å². The van der Waals surface area contributed by atoms with Crippen LogP contribution in [0.5, 0.6) is 0 Å². The number of amides is 1. The lowest BCUT2D eigenvalue weighted by Crippen LogP contribution is -2.21. The highest BCUT2D eigenvalue weighted by molar-refractivity contribution is 7.97. The Bertz CT molecular complexity index is 622. The number of benzene rings is 1. The molecule has 1 aromatic carbocycles. The highest BCUT2D eigenvalue weighted by Crippen LogP contribution is 2.30. The van der Waals surface area contributed by atoms with Gasteiger partial charge in [0, 0.05) is 17.5 Å². The number of esters is 1. The summed E-state index contributed by atoms with van der Waals surface area (Å²) in [5.74, 6) is -0.382. The SMILES string of the molecule is CCOC(=O)c1cccc(SN(C(C)=O)C2=CC=CCC2)c1. The normalized spacial score (nSPS) is 13.5. The largest absolute Gasteiger partial charge is 0.462 e. The van der Waals surface area contributed by atoms with Crippen LogP contribution in [0.25, 0.3) is 0 Å². The molecule has 0 N–H and O–H groups in total. The molecule has 0 saturated carbocycles. The third kappa shape index (κ3) is 4.24. The predicted molar refractivity (Wildman–Crippen MR) is 87.2 cm³/mol. The van der Waals surface area contributed by atoms with E-state index in [-0.39, 0.29) is 11.9 Å². The Morgan fingerprint density at radius 2 is 2.18 bits per heavy atom. The quantitative estimate of drug-likeness (QED) is 0.609. The first kappa shape index (κ1) is 16.4. The second-order valence-electron chi connectivity index (χ2n) is 4.78. The van der Waals surface area contributed by atoms with Gasteiger partial charge in [-0.15, -0.1) is 0 Å². The van der Waals surface area contributed by atoms with Crippen molar-refractivity contribution in [3.63, 3.8) is 0 Å². The van der Waals surface area contributed by atoms with Crippen LogP contribution in [0.3, 0.4) is 0 Å². The van der Waals surface area contributed by atoms with Gasteiger partial charge in [0.1, 0.15) is 0 Å². The minimum absolute atomic E-state index is 0.0342. The van der Waals surface area contributed by atoms with Crippen LogP contribution in [0.1, 0.15) is 37.0 Å². The first-order valence-electron chi connectivity index (χ1n) is 7.23. The molecular weight excluding hydrogens is 298 g/mol. The van der Waals surface area contributed by atoms with Crippen molar-refractivity contribution in [1.82, 2.24) is 4.31 Å². The summed E-state index contributed by atoms with van der Waals surface area (Å²) < 4.78 is 6.68. The molecule has 0 saturated heterocycles. The lowest BCUT2D eigenvalue weighted by molar-refractivity contribution is -0.122. The second kappa shape index (κ2) is 7.84. The van der Waals surface area contributed by atoms with E-state index < -0.39 is 0 Å². The number of ether oxygens (including phenoxy) is 1. The molecule has 1 aliphatic rings. The van der Waals surface area contributed by atoms with Gasteiger partial charge >= 0.3 is 5.97 Å². The van der Waals surface area contributed by atoms with Crippen molar-refractivity contribution >= 4 is 23.8 Å². The maximum Gasteiger partial charge on any atom is 0.338 e. The minimum Gasteiger partial charge on any atom is -0.462 e. The van der Waals surface area contributed by atoms with Crippen LogP contribution in [0.4, 0.5) is 0 Å². The average molecular weight is 317 g/mol. The Kier molecular flexibility index (Phi) is 5.83. The van der Waals surface area contributed by atoms with E-state index in [0.717, 1.165) is 23.4 Å². The van der Waals surface area contributed by atoms with Crippen molar-refractivity contribution < 1.29 is 14.3 Å². The van der Waals surface area contributed by atoms with Crippen molar-refractivity contribution in [2.75, 3.05) is 6.61 Å². The van der Waals surface area contributed by atoms with E-state index in [1.165, 1.54) is 11.9 Å². The Labute approximate surface area is 135 Å². The Hall–Kier alpha value is -2.01. The molecule has 2 rings (SSSR count). The third-order valence-electron chi connectivity index (χ3n) is 3.08. The van der Waals surface area contributed by atoms with Gasteiger partial charge in [-0.25, -0.2) is 4.79 Å². The molecule has 0 atom stereocenters. The molecule has 0 fully saturated rings. The fourth-order valence-corrected chi connectivity index (χ4v) is 3.01. The molecule has 0 unspecified atom stereocenters. The lowest BCUT2D eigenvalue weighted by atomic mass is 10.1. The fraction of sp³-hybridized carbons (Fsp3) is 0.294. The molecule has 4 nitrogen and oxygen atoms in total. The van der Waals surface area contributed by atoms with Crippen molar-refractivity contribution in [2.45, 2.75) is 31.6 Å². The zero-order chi connectivity index (χ0) is 15.9. The minimum atomic E-state index is -0.348. The summed E-state index contributed by atoms with van der Waals surface area (Å²) in [7, 11) is 0. The predicted octanol–water partition coefficient (Wildman–Crippen LogP) is 3.95. The highest BCUT2D eigenvalue weighted by atomic mass is 32.2. The Morgan fingerprint density at radius 3 is 2.82 bits per heavy atom. The van der Waals surface area contributed by atoms with Crippen LogP contribution >= 0.6 is 11.9 Å². The van der Waals surface area contributed by atoms with Crippen LogP contribution in [0.2, 0.25) is 0 Å². The van der Waals surface area contributed by atoms with Crippen LogP contribution in [-0.2, 0) is 9.53 Å². The zero-order valence-corrected chi connectivity index (χ0v) is 13.6. The van der Waals surface area contributed by atoms with Crippen LogP contribution in [0.15, 0.2) is 53.1 Å². The highest BCUT2D eigenvalue weighted by Gasteiger charge is 2.17. The van der Waals surface area contributed by atoms with Crippen molar-refractivity contribution in [3.8, 4) is 0 Å². The lowest BCUT2D eigenvalue weighted by Gasteiger charge is -2.23. The molecule has 5 heteroatoms. The monoisotopic (exact) mass is 317 g/mol. The molecule has 116 valence electrons. The summed E-state index contributed by atoms with van der Waals surface area (Å²) in [5.41, 5.74) is 1.47. The van der Waals surface area contributed by atoms with Crippen LogP contribution in [0, 0.1) is 0 Å². The van der Waals surface area contributed by atoms with Gasteiger partial charge < -0.3 is 4.74 Å². The van der Waals surface area contributed by atoms with Gasteiger partial charge in [0.05, 0.1) is 12.2 Å². The summed E-state index contributed by atoms with van der Waals surface area (Å²) in [5, 5.41) is 0. The van der Waals surface area contributed by atoms with Gasteiger partial charge in [0.25, 0.3) is 0 Å². The Balaban J connectivity index is 2.18. The van der Waals surface area contributed by atoms with Gasteiger partial charge in [-0.1, -0.05) is 18.2 Å². The van der Waals surface area contributed by atoms with E-state index >= 15 is 0 Å². The van der Waals surface area contributed by atoms with E-state index in [4.69, 9.17) is 4.74 Å². The van der Waals surface area contributed by atoms with Gasteiger partial charge in [-0.3, -0.25) is 9.10 Å². The molecule has 0 heterocycles. The maximum atomic E-state index is 11.9. The van der Waals surface area contributed by atoms with E-state index in [2.05, 4.69) is 6.08 Å². The van der Waals surface area contributed by atoms with Gasteiger partial charge in [-0.05, 0) is 56.0 Å². The third-order valence-corrected chi connectivity index (χ3v) is 4.22. The standard InChI is InChI=1S/C17H19NO3S/c1-3-21-17(20)14-8-7-11-16(12-14)22-18(13(2)19)15-9-5-4-6-10-15/h4-5,7-9,11-12H,3,6,10H2,1-2H3. The Morgan fingerprint density at radius 1 is 1.36 bits per heavy atom. The van der Waals surface area contributed by atoms with E-state index in [1.54, 1.807) is 36.4 Å². The number of nitrogens with zero attached hydrogens (tertiary/aromatic N) is 1. The average Bonchev–Trinajstić information content (AvgIpc) is 2.53.